The Morgan fingerprint density at radius 2 is 2.00 bits per heavy atom. The van der Waals surface area contributed by atoms with Crippen LogP contribution in [-0.2, 0) is 4.79 Å². The highest BCUT2D eigenvalue weighted by atomic mass is 19.4. The number of hydrogen-bond acceptors (Lipinski definition) is 2. The van der Waals surface area contributed by atoms with Crippen LogP contribution in [0.25, 0.3) is 0 Å². The van der Waals surface area contributed by atoms with Crippen LogP contribution in [-0.4, -0.2) is 36.1 Å². The lowest BCUT2D eigenvalue weighted by Crippen LogP contribution is -2.43. The van der Waals surface area contributed by atoms with Crippen molar-refractivity contribution in [2.75, 3.05) is 13.1 Å². The summed E-state index contributed by atoms with van der Waals surface area (Å²) in [6, 6.07) is -0.238. The van der Waals surface area contributed by atoms with Gasteiger partial charge in [-0.05, 0) is 12.8 Å². The summed E-state index contributed by atoms with van der Waals surface area (Å²) in [5, 5.41) is 0. The molecule has 0 aromatic heterocycles. The van der Waals surface area contributed by atoms with Crippen LogP contribution in [0.4, 0.5) is 13.2 Å². The van der Waals surface area contributed by atoms with Crippen molar-refractivity contribution in [1.82, 2.24) is 4.90 Å². The highest BCUT2D eigenvalue weighted by Crippen LogP contribution is 2.29. The van der Waals surface area contributed by atoms with E-state index in [2.05, 4.69) is 0 Å². The molecule has 0 atom stereocenters. The molecule has 1 fully saturated rings. The second kappa shape index (κ2) is 3.53. The van der Waals surface area contributed by atoms with Gasteiger partial charge >= 0.3 is 6.18 Å². The smallest absolute Gasteiger partial charge is 0.330 e. The zero-order valence-electron chi connectivity index (χ0n) is 6.97. The predicted octanol–water partition coefficient (Wildman–Crippen LogP) is 0.498. The van der Waals surface area contributed by atoms with Gasteiger partial charge < -0.3 is 10.6 Å². The molecule has 0 aromatic rings. The number of nitrogens with two attached hydrogens (primary N) is 1. The van der Waals surface area contributed by atoms with E-state index in [1.54, 1.807) is 0 Å². The number of alkyl halides is 3. The number of rotatable bonds is 3. The summed E-state index contributed by atoms with van der Waals surface area (Å²) < 4.78 is 35.9. The topological polar surface area (TPSA) is 46.3 Å². The molecule has 1 rings (SSSR count). The highest BCUT2D eigenvalue weighted by molar-refractivity contribution is 5.78. The average molecular weight is 196 g/mol. The van der Waals surface area contributed by atoms with E-state index < -0.39 is 18.6 Å². The van der Waals surface area contributed by atoms with Gasteiger partial charge in [-0.2, -0.15) is 13.2 Å². The van der Waals surface area contributed by atoms with Gasteiger partial charge in [0, 0.05) is 6.04 Å². The molecular weight excluding hydrogens is 185 g/mol. The van der Waals surface area contributed by atoms with E-state index in [1.165, 1.54) is 0 Å². The quantitative estimate of drug-likeness (QED) is 0.714. The SMILES string of the molecule is NCC(=O)N(CC(F)(F)F)C1CC1. The van der Waals surface area contributed by atoms with Crippen LogP contribution in [0.15, 0.2) is 0 Å². The van der Waals surface area contributed by atoms with E-state index in [9.17, 15) is 18.0 Å². The fourth-order valence-electron chi connectivity index (χ4n) is 1.12. The van der Waals surface area contributed by atoms with Gasteiger partial charge in [-0.3, -0.25) is 4.79 Å². The third-order valence-electron chi connectivity index (χ3n) is 1.83. The van der Waals surface area contributed by atoms with Crippen molar-refractivity contribution in [2.45, 2.75) is 25.1 Å². The summed E-state index contributed by atoms with van der Waals surface area (Å²) in [4.78, 5) is 11.8. The van der Waals surface area contributed by atoms with Gasteiger partial charge in [0.1, 0.15) is 6.54 Å². The first-order chi connectivity index (χ1) is 5.94. The lowest BCUT2D eigenvalue weighted by Gasteiger charge is -2.22. The number of halogens is 3. The Kier molecular flexibility index (Phi) is 2.80. The third kappa shape index (κ3) is 3.22. The van der Waals surface area contributed by atoms with Gasteiger partial charge in [0.05, 0.1) is 6.54 Å². The molecule has 0 aromatic carbocycles. The molecule has 0 radical (unpaired) electrons. The predicted molar refractivity (Wildman–Crippen MR) is 39.8 cm³/mol. The van der Waals surface area contributed by atoms with E-state index in [-0.39, 0.29) is 12.6 Å². The summed E-state index contributed by atoms with van der Waals surface area (Å²) in [5.41, 5.74) is 5.00. The normalized spacial score (nSPS) is 17.2. The summed E-state index contributed by atoms with van der Waals surface area (Å²) in [6.07, 6.45) is -3.02. The molecule has 1 amide bonds. The molecule has 6 heteroatoms. The van der Waals surface area contributed by atoms with Crippen LogP contribution in [0.3, 0.4) is 0 Å². The molecular formula is C7H11F3N2O. The van der Waals surface area contributed by atoms with E-state index in [0.717, 1.165) is 4.90 Å². The van der Waals surface area contributed by atoms with Gasteiger partial charge in [-0.1, -0.05) is 0 Å². The first-order valence-corrected chi connectivity index (χ1v) is 4.00. The van der Waals surface area contributed by atoms with Gasteiger partial charge in [0.25, 0.3) is 0 Å². The van der Waals surface area contributed by atoms with Crippen molar-refractivity contribution in [2.24, 2.45) is 5.73 Å². The van der Waals surface area contributed by atoms with Crippen LogP contribution in [0, 0.1) is 0 Å². The minimum Gasteiger partial charge on any atom is -0.330 e. The average Bonchev–Trinajstić information content (AvgIpc) is 2.79. The first kappa shape index (κ1) is 10.3. The molecule has 1 saturated carbocycles. The second-order valence-corrected chi connectivity index (χ2v) is 3.07. The number of amides is 1. The molecule has 0 saturated heterocycles. The van der Waals surface area contributed by atoms with Crippen molar-refractivity contribution in [1.29, 1.82) is 0 Å². The number of hydrogen-bond donors (Lipinski definition) is 1. The Morgan fingerprint density at radius 3 is 2.31 bits per heavy atom. The summed E-state index contributed by atoms with van der Waals surface area (Å²) in [5.74, 6) is -0.625. The van der Waals surface area contributed by atoms with Crippen molar-refractivity contribution in [3.8, 4) is 0 Å². The molecule has 76 valence electrons. The maximum atomic E-state index is 12.0. The number of nitrogens with zero attached hydrogens (tertiary/aromatic N) is 1. The molecule has 0 bridgehead atoms. The van der Waals surface area contributed by atoms with Crippen LogP contribution < -0.4 is 5.73 Å². The first-order valence-electron chi connectivity index (χ1n) is 4.00. The number of carbonyl (C=O) groups excluding carboxylic acids is 1. The largest absolute Gasteiger partial charge is 0.406 e. The Balaban J connectivity index is 2.52. The van der Waals surface area contributed by atoms with Crippen LogP contribution in [0.1, 0.15) is 12.8 Å². The Bertz CT molecular complexity index is 200. The van der Waals surface area contributed by atoms with E-state index in [1.807, 2.05) is 0 Å². The van der Waals surface area contributed by atoms with Crippen LogP contribution in [0.5, 0.6) is 0 Å². The van der Waals surface area contributed by atoms with Crippen molar-refractivity contribution >= 4 is 5.91 Å². The molecule has 3 nitrogen and oxygen atoms in total. The minimum atomic E-state index is -4.33. The summed E-state index contributed by atoms with van der Waals surface area (Å²) in [7, 11) is 0. The maximum Gasteiger partial charge on any atom is 0.406 e. The van der Waals surface area contributed by atoms with E-state index >= 15 is 0 Å². The highest BCUT2D eigenvalue weighted by Gasteiger charge is 2.39. The van der Waals surface area contributed by atoms with Crippen LogP contribution >= 0.6 is 0 Å². The van der Waals surface area contributed by atoms with Gasteiger partial charge in [0.2, 0.25) is 5.91 Å². The fraction of sp³-hybridized carbons (Fsp3) is 0.857. The lowest BCUT2D eigenvalue weighted by molar-refractivity contribution is -0.161. The molecule has 2 N–H and O–H groups in total. The zero-order valence-corrected chi connectivity index (χ0v) is 6.97. The van der Waals surface area contributed by atoms with Crippen molar-refractivity contribution < 1.29 is 18.0 Å². The molecule has 0 spiro atoms. The zero-order chi connectivity index (χ0) is 10.1. The maximum absolute atomic E-state index is 12.0. The summed E-state index contributed by atoms with van der Waals surface area (Å²) >= 11 is 0. The molecule has 1 aliphatic carbocycles. The van der Waals surface area contributed by atoms with Crippen molar-refractivity contribution in [3.05, 3.63) is 0 Å². The van der Waals surface area contributed by atoms with Gasteiger partial charge in [-0.25, -0.2) is 0 Å². The Morgan fingerprint density at radius 1 is 1.46 bits per heavy atom. The summed E-state index contributed by atoms with van der Waals surface area (Å²) in [6.45, 7) is -1.53. The minimum absolute atomic E-state index is 0.238. The molecule has 0 aliphatic heterocycles. The van der Waals surface area contributed by atoms with Gasteiger partial charge in [0.15, 0.2) is 0 Å². The van der Waals surface area contributed by atoms with E-state index in [0.29, 0.717) is 12.8 Å². The lowest BCUT2D eigenvalue weighted by atomic mass is 10.4. The van der Waals surface area contributed by atoms with Gasteiger partial charge in [-0.15, -0.1) is 0 Å². The number of carbonyl (C=O) groups is 1. The van der Waals surface area contributed by atoms with E-state index in [4.69, 9.17) is 5.73 Å². The monoisotopic (exact) mass is 196 g/mol. The molecule has 0 heterocycles. The fourth-order valence-corrected chi connectivity index (χ4v) is 1.12. The molecule has 13 heavy (non-hydrogen) atoms. The van der Waals surface area contributed by atoms with Crippen molar-refractivity contribution in [3.63, 3.8) is 0 Å². The Hall–Kier alpha value is -0.780. The third-order valence-corrected chi connectivity index (χ3v) is 1.83. The standard InChI is InChI=1S/C7H11F3N2O/c8-7(9,10)4-12(5-1-2-5)6(13)3-11/h5H,1-4,11H2. The second-order valence-electron chi connectivity index (χ2n) is 3.07. The molecule has 0 unspecified atom stereocenters. The Labute approximate surface area is 73.7 Å². The van der Waals surface area contributed by atoms with Crippen LogP contribution in [0.2, 0.25) is 0 Å². The molecule has 1 aliphatic rings.